The van der Waals surface area contributed by atoms with Crippen molar-refractivity contribution in [2.45, 2.75) is 33.7 Å². The van der Waals surface area contributed by atoms with Gasteiger partial charge in [0, 0.05) is 12.1 Å². The number of amides is 2. The Hall–Kier alpha value is -3.35. The molecule has 1 aliphatic heterocycles. The molecular formula is C24H27FN2O4. The Morgan fingerprint density at radius 2 is 1.87 bits per heavy atom. The van der Waals surface area contributed by atoms with E-state index in [1.807, 2.05) is 32.0 Å². The molecule has 0 aromatic heterocycles. The average Bonchev–Trinajstić information content (AvgIpc) is 2.74. The Kier molecular flexibility index (Phi) is 6.95. The fourth-order valence-corrected chi connectivity index (χ4v) is 3.54. The summed E-state index contributed by atoms with van der Waals surface area (Å²) in [5.41, 5.74) is 2.91. The molecule has 3 rings (SSSR count). The molecule has 0 radical (unpaired) electrons. The zero-order chi connectivity index (χ0) is 22.5. The second-order valence-electron chi connectivity index (χ2n) is 7.26. The Morgan fingerprint density at radius 1 is 1.13 bits per heavy atom. The van der Waals surface area contributed by atoms with Crippen LogP contribution in [0.3, 0.4) is 0 Å². The number of carbonyl (C=O) groups is 2. The molecule has 0 aliphatic carbocycles. The van der Waals surface area contributed by atoms with E-state index in [0.29, 0.717) is 18.0 Å². The van der Waals surface area contributed by atoms with Gasteiger partial charge in [-0.3, -0.25) is 4.90 Å². The predicted octanol–water partition coefficient (Wildman–Crippen LogP) is 4.42. The number of rotatable bonds is 7. The van der Waals surface area contributed by atoms with Crippen molar-refractivity contribution in [2.24, 2.45) is 0 Å². The molecule has 31 heavy (non-hydrogen) atoms. The molecule has 0 fully saturated rings. The third kappa shape index (κ3) is 4.71. The number of halogens is 1. The second kappa shape index (κ2) is 9.64. The van der Waals surface area contributed by atoms with Gasteiger partial charge in [-0.25, -0.2) is 14.0 Å². The maximum absolute atomic E-state index is 14.6. The van der Waals surface area contributed by atoms with Crippen molar-refractivity contribution in [2.75, 3.05) is 19.8 Å². The summed E-state index contributed by atoms with van der Waals surface area (Å²) in [6.07, 6.45) is 0. The predicted molar refractivity (Wildman–Crippen MR) is 115 cm³/mol. The fraction of sp³-hybridized carbons (Fsp3) is 0.333. The van der Waals surface area contributed by atoms with Crippen LogP contribution in [0, 0.1) is 19.7 Å². The van der Waals surface area contributed by atoms with Crippen molar-refractivity contribution in [1.82, 2.24) is 10.2 Å². The molecule has 2 amide bonds. The van der Waals surface area contributed by atoms with Gasteiger partial charge in [0.1, 0.15) is 18.2 Å². The number of carbonyl (C=O) groups excluding carboxylic acids is 2. The molecule has 0 saturated heterocycles. The van der Waals surface area contributed by atoms with Crippen LogP contribution in [0.15, 0.2) is 53.7 Å². The number of esters is 1. The van der Waals surface area contributed by atoms with Crippen LogP contribution in [0.5, 0.6) is 5.75 Å². The number of benzene rings is 2. The van der Waals surface area contributed by atoms with E-state index in [1.165, 1.54) is 11.0 Å². The van der Waals surface area contributed by atoms with Crippen molar-refractivity contribution in [3.8, 4) is 5.75 Å². The van der Waals surface area contributed by atoms with Gasteiger partial charge in [0.15, 0.2) is 0 Å². The van der Waals surface area contributed by atoms with Crippen LogP contribution in [0.1, 0.15) is 36.6 Å². The van der Waals surface area contributed by atoms with Gasteiger partial charge < -0.3 is 14.8 Å². The first-order chi connectivity index (χ1) is 14.9. The number of hydrogen-bond acceptors (Lipinski definition) is 4. The zero-order valence-corrected chi connectivity index (χ0v) is 18.2. The Labute approximate surface area is 181 Å². The van der Waals surface area contributed by atoms with Crippen LogP contribution in [0.4, 0.5) is 9.18 Å². The van der Waals surface area contributed by atoms with Crippen LogP contribution in [-0.4, -0.2) is 36.7 Å². The molecule has 2 aromatic rings. The molecule has 164 valence electrons. The topological polar surface area (TPSA) is 67.9 Å². The third-order valence-corrected chi connectivity index (χ3v) is 5.32. The zero-order valence-electron chi connectivity index (χ0n) is 18.2. The lowest BCUT2D eigenvalue weighted by Crippen LogP contribution is -2.49. The highest BCUT2D eigenvalue weighted by molar-refractivity contribution is 5.95. The number of aryl methyl sites for hydroxylation is 2. The first-order valence-electron chi connectivity index (χ1n) is 10.3. The maximum Gasteiger partial charge on any atom is 0.338 e. The summed E-state index contributed by atoms with van der Waals surface area (Å²) in [5, 5.41) is 2.74. The van der Waals surface area contributed by atoms with Crippen LogP contribution in [0.25, 0.3) is 0 Å². The highest BCUT2D eigenvalue weighted by atomic mass is 19.1. The van der Waals surface area contributed by atoms with E-state index in [9.17, 15) is 14.0 Å². The Morgan fingerprint density at radius 3 is 2.52 bits per heavy atom. The standard InChI is InChI=1S/C24H27FN2O4/c1-5-27-20(14-31-17-12-11-15(3)16(4)13-17)21(23(28)30-6-2)22(26-24(27)29)18-9-7-8-10-19(18)25/h7-13,22H,5-6,14H2,1-4H3,(H,26,29). The monoisotopic (exact) mass is 426 g/mol. The van der Waals surface area contributed by atoms with Crippen molar-refractivity contribution in [3.05, 3.63) is 76.2 Å². The molecule has 2 aromatic carbocycles. The lowest BCUT2D eigenvalue weighted by molar-refractivity contribution is -0.139. The Bertz CT molecular complexity index is 1020. The van der Waals surface area contributed by atoms with E-state index in [2.05, 4.69) is 5.32 Å². The number of urea groups is 1. The van der Waals surface area contributed by atoms with E-state index in [4.69, 9.17) is 9.47 Å². The fourth-order valence-electron chi connectivity index (χ4n) is 3.54. The first-order valence-corrected chi connectivity index (χ1v) is 10.3. The van der Waals surface area contributed by atoms with E-state index in [1.54, 1.807) is 32.0 Å². The highest BCUT2D eigenvalue weighted by Crippen LogP contribution is 2.33. The van der Waals surface area contributed by atoms with Crippen LogP contribution >= 0.6 is 0 Å². The molecule has 1 atom stereocenters. The van der Waals surface area contributed by atoms with Gasteiger partial charge in [0.2, 0.25) is 0 Å². The summed E-state index contributed by atoms with van der Waals surface area (Å²) < 4.78 is 25.8. The van der Waals surface area contributed by atoms with Gasteiger partial charge in [-0.1, -0.05) is 24.3 Å². The minimum absolute atomic E-state index is 0.0388. The van der Waals surface area contributed by atoms with E-state index in [0.717, 1.165) is 11.1 Å². The summed E-state index contributed by atoms with van der Waals surface area (Å²) in [6, 6.07) is 10.3. The average molecular weight is 426 g/mol. The van der Waals surface area contributed by atoms with Gasteiger partial charge in [-0.05, 0) is 57.0 Å². The van der Waals surface area contributed by atoms with Crippen LogP contribution < -0.4 is 10.1 Å². The highest BCUT2D eigenvalue weighted by Gasteiger charge is 2.39. The van der Waals surface area contributed by atoms with Crippen molar-refractivity contribution in [1.29, 1.82) is 0 Å². The van der Waals surface area contributed by atoms with Gasteiger partial charge in [0.25, 0.3) is 0 Å². The van der Waals surface area contributed by atoms with Crippen LogP contribution in [-0.2, 0) is 9.53 Å². The molecule has 1 unspecified atom stereocenters. The van der Waals surface area contributed by atoms with E-state index < -0.39 is 23.9 Å². The van der Waals surface area contributed by atoms with Crippen molar-refractivity contribution in [3.63, 3.8) is 0 Å². The van der Waals surface area contributed by atoms with E-state index in [-0.39, 0.29) is 24.4 Å². The Balaban J connectivity index is 2.08. The molecule has 1 aliphatic rings. The first kappa shape index (κ1) is 22.3. The van der Waals surface area contributed by atoms with Gasteiger partial charge in [-0.2, -0.15) is 0 Å². The number of hydrogen-bond donors (Lipinski definition) is 1. The summed E-state index contributed by atoms with van der Waals surface area (Å²) in [4.78, 5) is 27.2. The summed E-state index contributed by atoms with van der Waals surface area (Å²) in [7, 11) is 0. The molecule has 7 heteroatoms. The van der Waals surface area contributed by atoms with Crippen molar-refractivity contribution < 1.29 is 23.5 Å². The van der Waals surface area contributed by atoms with Gasteiger partial charge in [0.05, 0.1) is 23.9 Å². The molecule has 6 nitrogen and oxygen atoms in total. The SMILES string of the molecule is CCOC(=O)C1=C(COc2ccc(C)c(C)c2)N(CC)C(=O)NC1c1ccccc1F. The maximum atomic E-state index is 14.6. The molecule has 0 bridgehead atoms. The number of ether oxygens (including phenoxy) is 2. The lowest BCUT2D eigenvalue weighted by Gasteiger charge is -2.36. The number of nitrogens with zero attached hydrogens (tertiary/aromatic N) is 1. The molecule has 0 saturated carbocycles. The summed E-state index contributed by atoms with van der Waals surface area (Å²) in [6.45, 7) is 7.89. The van der Waals surface area contributed by atoms with Gasteiger partial charge >= 0.3 is 12.0 Å². The third-order valence-electron chi connectivity index (χ3n) is 5.32. The normalized spacial score (nSPS) is 16.2. The molecular weight excluding hydrogens is 399 g/mol. The summed E-state index contributed by atoms with van der Waals surface area (Å²) in [5.74, 6) is -0.523. The number of nitrogens with one attached hydrogen (secondary N) is 1. The molecule has 0 spiro atoms. The lowest BCUT2D eigenvalue weighted by atomic mass is 9.94. The summed E-state index contributed by atoms with van der Waals surface area (Å²) >= 11 is 0. The molecule has 1 heterocycles. The van der Waals surface area contributed by atoms with Crippen LogP contribution in [0.2, 0.25) is 0 Å². The second-order valence-corrected chi connectivity index (χ2v) is 7.26. The minimum Gasteiger partial charge on any atom is -0.487 e. The molecule has 1 N–H and O–H groups in total. The van der Waals surface area contributed by atoms with Gasteiger partial charge in [-0.15, -0.1) is 0 Å². The minimum atomic E-state index is -0.978. The largest absolute Gasteiger partial charge is 0.487 e. The van der Waals surface area contributed by atoms with Crippen molar-refractivity contribution >= 4 is 12.0 Å². The smallest absolute Gasteiger partial charge is 0.338 e. The van der Waals surface area contributed by atoms with E-state index >= 15 is 0 Å². The number of likely N-dealkylation sites (N-methyl/N-ethyl adjacent to an activating group) is 1. The quantitative estimate of drug-likeness (QED) is 0.666.